The predicted octanol–water partition coefficient (Wildman–Crippen LogP) is 7.93. The number of hydrogen-bond acceptors (Lipinski definition) is 7. The van der Waals surface area contributed by atoms with Crippen LogP contribution < -0.4 is 24.7 Å². The Balaban J connectivity index is 1.28. The molecule has 0 aliphatic carbocycles. The highest BCUT2D eigenvalue weighted by atomic mass is 35.5. The Morgan fingerprint density at radius 3 is 2.28 bits per heavy atom. The van der Waals surface area contributed by atoms with Crippen molar-refractivity contribution in [1.29, 1.82) is 5.26 Å². The fourth-order valence-electron chi connectivity index (χ4n) is 4.74. The molecule has 7 nitrogen and oxygen atoms in total. The van der Waals surface area contributed by atoms with Crippen molar-refractivity contribution in [2.45, 2.75) is 38.7 Å². The van der Waals surface area contributed by atoms with Crippen LogP contribution in [0.5, 0.6) is 23.0 Å². The van der Waals surface area contributed by atoms with Crippen LogP contribution in [0.3, 0.4) is 0 Å². The van der Waals surface area contributed by atoms with E-state index < -0.39 is 11.9 Å². The summed E-state index contributed by atoms with van der Waals surface area (Å²) in [5.74, 6) is 1.11. The number of unbranched alkanes of at least 4 members (excludes halogenated alkanes) is 2. The van der Waals surface area contributed by atoms with E-state index in [1.807, 2.05) is 48.5 Å². The normalized spacial score (nSPS) is 13.8. The average molecular weight is 595 g/mol. The standard InChI is InChI=1S/C35H31ClN2O5/c1-2-3-4-19-40-27-15-9-25(10-16-27)35(39)42-29-17-18-30-32(20-29)43-34(38)31(21-37)33(30)24-7-13-28(14-8-24)41-22-23-5-11-26(36)12-6-23/h5-18,20,33H,2-4,19,22,38H2,1H3. The minimum atomic E-state index is -0.514. The Bertz CT molecular complexity index is 1640. The molecule has 2 N–H and O–H groups in total. The molecule has 1 aliphatic rings. The zero-order valence-corrected chi connectivity index (χ0v) is 24.5. The van der Waals surface area contributed by atoms with Crippen LogP contribution in [0.4, 0.5) is 0 Å². The number of carbonyl (C=O) groups excluding carboxylic acids is 1. The molecule has 1 unspecified atom stereocenters. The van der Waals surface area contributed by atoms with Gasteiger partial charge in [0.15, 0.2) is 0 Å². The molecular weight excluding hydrogens is 564 g/mol. The lowest BCUT2D eigenvalue weighted by molar-refractivity contribution is 0.0734. The van der Waals surface area contributed by atoms with E-state index in [-0.39, 0.29) is 5.88 Å². The third-order valence-electron chi connectivity index (χ3n) is 7.04. The molecule has 4 aromatic carbocycles. The van der Waals surface area contributed by atoms with Gasteiger partial charge in [-0.25, -0.2) is 4.79 Å². The van der Waals surface area contributed by atoms with E-state index in [0.717, 1.165) is 36.0 Å². The predicted molar refractivity (Wildman–Crippen MR) is 164 cm³/mol. The van der Waals surface area contributed by atoms with Crippen LogP contribution in [-0.2, 0) is 6.61 Å². The fourth-order valence-corrected chi connectivity index (χ4v) is 4.87. The van der Waals surface area contributed by atoms with E-state index in [0.29, 0.717) is 52.4 Å². The molecule has 0 amide bonds. The molecule has 5 rings (SSSR count). The minimum absolute atomic E-state index is 0.000988. The van der Waals surface area contributed by atoms with Gasteiger partial charge in [0.2, 0.25) is 5.88 Å². The number of nitrogens with two attached hydrogens (primary N) is 1. The second kappa shape index (κ2) is 13.8. The van der Waals surface area contributed by atoms with Gasteiger partial charge in [-0.2, -0.15) is 5.26 Å². The number of halogens is 1. The molecule has 0 saturated carbocycles. The SMILES string of the molecule is CCCCCOc1ccc(C(=O)Oc2ccc3c(c2)OC(N)=C(C#N)C3c2ccc(OCc3ccc(Cl)cc3)cc2)cc1. The Labute approximate surface area is 256 Å². The molecule has 218 valence electrons. The highest BCUT2D eigenvalue weighted by molar-refractivity contribution is 6.30. The van der Waals surface area contributed by atoms with Crippen LogP contribution in [0.2, 0.25) is 5.02 Å². The average Bonchev–Trinajstić information content (AvgIpc) is 3.02. The molecular formula is C35H31ClN2O5. The lowest BCUT2D eigenvalue weighted by atomic mass is 9.83. The first-order chi connectivity index (χ1) is 20.9. The van der Waals surface area contributed by atoms with Crippen LogP contribution >= 0.6 is 11.6 Å². The number of allylic oxidation sites excluding steroid dienone is 1. The molecule has 0 bridgehead atoms. The van der Waals surface area contributed by atoms with Crippen molar-refractivity contribution in [1.82, 2.24) is 0 Å². The van der Waals surface area contributed by atoms with E-state index >= 15 is 0 Å². The van der Waals surface area contributed by atoms with Crippen LogP contribution in [-0.4, -0.2) is 12.6 Å². The number of hydrogen-bond donors (Lipinski definition) is 1. The van der Waals surface area contributed by atoms with Crippen LogP contribution in [0.25, 0.3) is 0 Å². The maximum atomic E-state index is 12.8. The molecule has 1 aliphatic heterocycles. The second-order valence-electron chi connectivity index (χ2n) is 10.1. The summed E-state index contributed by atoms with van der Waals surface area (Å²) in [6, 6.07) is 29.1. The number of fused-ring (bicyclic) bond motifs is 1. The van der Waals surface area contributed by atoms with Gasteiger partial charge < -0.3 is 24.7 Å². The van der Waals surface area contributed by atoms with Gasteiger partial charge in [-0.3, -0.25) is 0 Å². The van der Waals surface area contributed by atoms with E-state index in [9.17, 15) is 10.1 Å². The Morgan fingerprint density at radius 2 is 1.58 bits per heavy atom. The quantitative estimate of drug-likeness (QED) is 0.107. The second-order valence-corrected chi connectivity index (χ2v) is 10.5. The number of carbonyl (C=O) groups is 1. The Kier molecular flexibility index (Phi) is 9.50. The fraction of sp³-hybridized carbons (Fsp3) is 0.200. The van der Waals surface area contributed by atoms with Crippen molar-refractivity contribution < 1.29 is 23.7 Å². The van der Waals surface area contributed by atoms with Crippen molar-refractivity contribution in [2.75, 3.05) is 6.61 Å². The van der Waals surface area contributed by atoms with Gasteiger partial charge in [-0.1, -0.05) is 61.7 Å². The first kappa shape index (κ1) is 29.6. The van der Waals surface area contributed by atoms with Gasteiger partial charge in [0, 0.05) is 16.7 Å². The molecule has 0 saturated heterocycles. The van der Waals surface area contributed by atoms with Crippen LogP contribution in [0.15, 0.2) is 102 Å². The highest BCUT2D eigenvalue weighted by Gasteiger charge is 2.31. The van der Waals surface area contributed by atoms with E-state index in [4.69, 9.17) is 36.3 Å². The molecule has 0 aromatic heterocycles. The molecule has 0 spiro atoms. The summed E-state index contributed by atoms with van der Waals surface area (Å²) in [6.07, 6.45) is 3.23. The first-order valence-corrected chi connectivity index (χ1v) is 14.5. The number of nitrogens with zero attached hydrogens (tertiary/aromatic N) is 1. The van der Waals surface area contributed by atoms with Gasteiger partial charge in [0.25, 0.3) is 0 Å². The number of esters is 1. The van der Waals surface area contributed by atoms with Crippen molar-refractivity contribution in [3.05, 3.63) is 130 Å². The summed E-state index contributed by atoms with van der Waals surface area (Å²) in [4.78, 5) is 12.8. The van der Waals surface area contributed by atoms with Crippen molar-refractivity contribution in [2.24, 2.45) is 5.73 Å². The highest BCUT2D eigenvalue weighted by Crippen LogP contribution is 2.43. The molecule has 43 heavy (non-hydrogen) atoms. The monoisotopic (exact) mass is 594 g/mol. The zero-order chi connectivity index (χ0) is 30.2. The van der Waals surface area contributed by atoms with Gasteiger partial charge in [0.05, 0.1) is 18.1 Å². The molecule has 1 atom stereocenters. The number of nitriles is 1. The lowest BCUT2D eigenvalue weighted by Crippen LogP contribution is -2.21. The third kappa shape index (κ3) is 7.29. The molecule has 0 radical (unpaired) electrons. The molecule has 0 fully saturated rings. The van der Waals surface area contributed by atoms with Crippen molar-refractivity contribution in [3.63, 3.8) is 0 Å². The number of benzene rings is 4. The van der Waals surface area contributed by atoms with Crippen LogP contribution in [0.1, 0.15) is 59.2 Å². The third-order valence-corrected chi connectivity index (χ3v) is 7.29. The molecule has 1 heterocycles. The first-order valence-electron chi connectivity index (χ1n) is 14.1. The van der Waals surface area contributed by atoms with Gasteiger partial charge in [0.1, 0.15) is 41.2 Å². The maximum absolute atomic E-state index is 12.8. The topological polar surface area (TPSA) is 104 Å². The van der Waals surface area contributed by atoms with Gasteiger partial charge in [-0.05, 0) is 72.1 Å². The van der Waals surface area contributed by atoms with E-state index in [2.05, 4.69) is 13.0 Å². The minimum Gasteiger partial charge on any atom is -0.494 e. The van der Waals surface area contributed by atoms with Crippen LogP contribution in [0, 0.1) is 11.3 Å². The van der Waals surface area contributed by atoms with Crippen molar-refractivity contribution in [3.8, 4) is 29.1 Å². The largest absolute Gasteiger partial charge is 0.494 e. The lowest BCUT2D eigenvalue weighted by Gasteiger charge is -2.26. The summed E-state index contributed by atoms with van der Waals surface area (Å²) >= 11 is 5.96. The Morgan fingerprint density at radius 1 is 0.907 bits per heavy atom. The summed E-state index contributed by atoms with van der Waals surface area (Å²) in [6.45, 7) is 3.18. The zero-order valence-electron chi connectivity index (χ0n) is 23.7. The van der Waals surface area contributed by atoms with E-state index in [1.54, 1.807) is 42.5 Å². The molecule has 4 aromatic rings. The summed E-state index contributed by atoms with van der Waals surface area (Å²) < 4.78 is 23.1. The number of ether oxygens (including phenoxy) is 4. The maximum Gasteiger partial charge on any atom is 0.343 e. The van der Waals surface area contributed by atoms with Gasteiger partial charge >= 0.3 is 5.97 Å². The smallest absolute Gasteiger partial charge is 0.343 e. The van der Waals surface area contributed by atoms with E-state index in [1.165, 1.54) is 0 Å². The number of rotatable bonds is 11. The Hall–Kier alpha value is -4.93. The van der Waals surface area contributed by atoms with Gasteiger partial charge in [-0.15, -0.1) is 0 Å². The summed E-state index contributed by atoms with van der Waals surface area (Å²) in [7, 11) is 0. The molecule has 8 heteroatoms. The summed E-state index contributed by atoms with van der Waals surface area (Å²) in [5, 5.41) is 10.6. The van der Waals surface area contributed by atoms with Crippen molar-refractivity contribution >= 4 is 17.6 Å². The summed E-state index contributed by atoms with van der Waals surface area (Å²) in [5.41, 5.74) is 9.42.